The van der Waals surface area contributed by atoms with E-state index in [-0.39, 0.29) is 16.5 Å². The van der Waals surface area contributed by atoms with Crippen molar-refractivity contribution in [2.24, 2.45) is 5.92 Å². The molecule has 1 aliphatic rings. The molecule has 82 valence electrons. The molecule has 0 amide bonds. The molecule has 0 aliphatic heterocycles. The summed E-state index contributed by atoms with van der Waals surface area (Å²) in [5.74, 6) is 0.767. The topological polar surface area (TPSA) is 73.0 Å². The maximum Gasteiger partial charge on any atom is 0.197 e. The van der Waals surface area contributed by atoms with Gasteiger partial charge in [0.1, 0.15) is 0 Å². The van der Waals surface area contributed by atoms with Crippen molar-refractivity contribution in [2.75, 3.05) is 11.5 Å². The first-order valence-electron chi connectivity index (χ1n) is 5.03. The van der Waals surface area contributed by atoms with Crippen LogP contribution in [0.25, 0.3) is 0 Å². The van der Waals surface area contributed by atoms with Gasteiger partial charge in [-0.2, -0.15) is 0 Å². The normalized spacial score (nSPS) is 16.5. The van der Waals surface area contributed by atoms with Crippen LogP contribution in [0, 0.1) is 5.92 Å². The largest absolute Gasteiger partial charge is 0.396 e. The second-order valence-electron chi connectivity index (χ2n) is 3.95. The van der Waals surface area contributed by atoms with Crippen molar-refractivity contribution in [1.82, 2.24) is 4.98 Å². The highest BCUT2D eigenvalue weighted by Gasteiger charge is 2.26. The molecule has 2 N–H and O–H groups in total. The van der Waals surface area contributed by atoms with E-state index in [1.165, 1.54) is 6.20 Å². The standard InChI is InChI=1S/C10H14N2O2S/c11-9-2-1-6-12-10(9)15(13,14)7-5-8-3-4-8/h1-2,6,8H,3-5,7,11H2. The molecule has 0 unspecified atom stereocenters. The monoisotopic (exact) mass is 226 g/mol. The number of anilines is 1. The predicted molar refractivity (Wildman–Crippen MR) is 58.0 cm³/mol. The van der Waals surface area contributed by atoms with Crippen LogP contribution < -0.4 is 5.73 Å². The van der Waals surface area contributed by atoms with E-state index in [2.05, 4.69) is 4.98 Å². The van der Waals surface area contributed by atoms with Gasteiger partial charge in [0.05, 0.1) is 11.4 Å². The number of pyridine rings is 1. The number of nitrogens with two attached hydrogens (primary N) is 1. The van der Waals surface area contributed by atoms with Crippen LogP contribution in [0.2, 0.25) is 0 Å². The Hall–Kier alpha value is -1.10. The van der Waals surface area contributed by atoms with Crippen molar-refractivity contribution < 1.29 is 8.42 Å². The van der Waals surface area contributed by atoms with Crippen LogP contribution in [-0.4, -0.2) is 19.2 Å². The summed E-state index contributed by atoms with van der Waals surface area (Å²) in [6.07, 6.45) is 4.51. The third-order valence-corrected chi connectivity index (χ3v) is 4.29. The van der Waals surface area contributed by atoms with Gasteiger partial charge < -0.3 is 5.73 Å². The molecule has 1 fully saturated rings. The van der Waals surface area contributed by atoms with Gasteiger partial charge in [-0.1, -0.05) is 12.8 Å². The fourth-order valence-electron chi connectivity index (χ4n) is 1.49. The quantitative estimate of drug-likeness (QED) is 0.838. The lowest BCUT2D eigenvalue weighted by molar-refractivity contribution is 0.587. The van der Waals surface area contributed by atoms with E-state index in [4.69, 9.17) is 5.73 Å². The number of nitrogens with zero attached hydrogens (tertiary/aromatic N) is 1. The molecule has 1 saturated carbocycles. The molecule has 1 aromatic heterocycles. The summed E-state index contributed by atoms with van der Waals surface area (Å²) in [6, 6.07) is 3.20. The Morgan fingerprint density at radius 2 is 2.20 bits per heavy atom. The lowest BCUT2D eigenvalue weighted by atomic mass is 10.3. The minimum absolute atomic E-state index is 0.0330. The van der Waals surface area contributed by atoms with E-state index >= 15 is 0 Å². The second-order valence-corrected chi connectivity index (χ2v) is 5.97. The molecule has 0 saturated heterocycles. The Morgan fingerprint density at radius 1 is 1.47 bits per heavy atom. The van der Waals surface area contributed by atoms with Gasteiger partial charge in [-0.15, -0.1) is 0 Å². The predicted octanol–water partition coefficient (Wildman–Crippen LogP) is 1.24. The summed E-state index contributed by atoms with van der Waals surface area (Å²) < 4.78 is 23.7. The number of hydrogen-bond donors (Lipinski definition) is 1. The summed E-state index contributed by atoms with van der Waals surface area (Å²) >= 11 is 0. The first-order valence-corrected chi connectivity index (χ1v) is 6.68. The highest BCUT2D eigenvalue weighted by Crippen LogP contribution is 2.33. The summed E-state index contributed by atoms with van der Waals surface area (Å²) in [5.41, 5.74) is 5.83. The number of nitrogen functional groups attached to an aromatic ring is 1. The van der Waals surface area contributed by atoms with E-state index in [0.717, 1.165) is 19.3 Å². The van der Waals surface area contributed by atoms with Crippen molar-refractivity contribution in [3.8, 4) is 0 Å². The molecule has 0 atom stereocenters. The number of hydrogen-bond acceptors (Lipinski definition) is 4. The van der Waals surface area contributed by atoms with Crippen molar-refractivity contribution in [1.29, 1.82) is 0 Å². The van der Waals surface area contributed by atoms with Crippen molar-refractivity contribution in [2.45, 2.75) is 24.3 Å². The molecule has 4 nitrogen and oxygen atoms in total. The molecule has 1 aromatic rings. The Bertz CT molecular complexity index is 452. The van der Waals surface area contributed by atoms with Crippen LogP contribution in [0.15, 0.2) is 23.4 Å². The first-order chi connectivity index (χ1) is 7.09. The summed E-state index contributed by atoms with van der Waals surface area (Å²) in [4.78, 5) is 3.84. The smallest absolute Gasteiger partial charge is 0.197 e. The Kier molecular flexibility index (Phi) is 2.65. The maximum absolute atomic E-state index is 11.8. The van der Waals surface area contributed by atoms with Gasteiger partial charge >= 0.3 is 0 Å². The van der Waals surface area contributed by atoms with Crippen molar-refractivity contribution in [3.63, 3.8) is 0 Å². The van der Waals surface area contributed by atoms with Crippen LogP contribution in [0.1, 0.15) is 19.3 Å². The van der Waals surface area contributed by atoms with Gasteiger partial charge in [0.15, 0.2) is 14.9 Å². The van der Waals surface area contributed by atoms with Crippen LogP contribution in [0.4, 0.5) is 5.69 Å². The molecular formula is C10H14N2O2S. The van der Waals surface area contributed by atoms with Gasteiger partial charge in [0, 0.05) is 6.20 Å². The van der Waals surface area contributed by atoms with Crippen LogP contribution in [-0.2, 0) is 9.84 Å². The third kappa shape index (κ3) is 2.47. The number of sulfone groups is 1. The second kappa shape index (κ2) is 3.81. The lowest BCUT2D eigenvalue weighted by Gasteiger charge is -2.05. The molecule has 1 aliphatic carbocycles. The highest BCUT2D eigenvalue weighted by atomic mass is 32.2. The molecule has 0 aromatic carbocycles. The fraction of sp³-hybridized carbons (Fsp3) is 0.500. The fourth-order valence-corrected chi connectivity index (χ4v) is 2.97. The van der Waals surface area contributed by atoms with Crippen LogP contribution in [0.3, 0.4) is 0 Å². The minimum atomic E-state index is -3.28. The summed E-state index contributed by atoms with van der Waals surface area (Å²) in [6.45, 7) is 0. The third-order valence-electron chi connectivity index (χ3n) is 2.59. The van der Waals surface area contributed by atoms with Crippen molar-refractivity contribution >= 4 is 15.5 Å². The molecule has 2 rings (SSSR count). The zero-order chi connectivity index (χ0) is 10.9. The zero-order valence-electron chi connectivity index (χ0n) is 8.39. The van der Waals surface area contributed by atoms with Crippen LogP contribution in [0.5, 0.6) is 0 Å². The van der Waals surface area contributed by atoms with Gasteiger partial charge in [0.25, 0.3) is 0 Å². The molecule has 5 heteroatoms. The maximum atomic E-state index is 11.8. The molecule has 0 radical (unpaired) electrons. The van der Waals surface area contributed by atoms with Gasteiger partial charge in [-0.25, -0.2) is 13.4 Å². The average Bonchev–Trinajstić information content (AvgIpc) is 2.99. The first kappa shape index (κ1) is 10.4. The molecule has 1 heterocycles. The number of aromatic nitrogens is 1. The van der Waals surface area contributed by atoms with E-state index in [1.807, 2.05) is 0 Å². The van der Waals surface area contributed by atoms with Crippen molar-refractivity contribution in [3.05, 3.63) is 18.3 Å². The highest BCUT2D eigenvalue weighted by molar-refractivity contribution is 7.91. The minimum Gasteiger partial charge on any atom is -0.396 e. The van der Waals surface area contributed by atoms with Gasteiger partial charge in [-0.05, 0) is 24.5 Å². The zero-order valence-corrected chi connectivity index (χ0v) is 9.20. The Labute approximate surface area is 89.4 Å². The van der Waals surface area contributed by atoms with E-state index in [0.29, 0.717) is 5.92 Å². The molecule has 0 bridgehead atoms. The Balaban J connectivity index is 2.16. The summed E-state index contributed by atoms with van der Waals surface area (Å²) in [7, 11) is -3.28. The molecular weight excluding hydrogens is 212 g/mol. The average molecular weight is 226 g/mol. The SMILES string of the molecule is Nc1cccnc1S(=O)(=O)CCC1CC1. The van der Waals surface area contributed by atoms with Gasteiger partial charge in [0.2, 0.25) is 0 Å². The Morgan fingerprint density at radius 3 is 2.80 bits per heavy atom. The van der Waals surface area contributed by atoms with Gasteiger partial charge in [-0.3, -0.25) is 0 Å². The number of rotatable bonds is 4. The van der Waals surface area contributed by atoms with Crippen LogP contribution >= 0.6 is 0 Å². The lowest BCUT2D eigenvalue weighted by Crippen LogP contribution is -2.11. The van der Waals surface area contributed by atoms with E-state index in [9.17, 15) is 8.42 Å². The molecule has 0 spiro atoms. The summed E-state index contributed by atoms with van der Waals surface area (Å²) in [5, 5.41) is 0.0330. The van der Waals surface area contributed by atoms with E-state index in [1.54, 1.807) is 12.1 Å². The molecule has 15 heavy (non-hydrogen) atoms. The van der Waals surface area contributed by atoms with E-state index < -0.39 is 9.84 Å².